The number of amides is 1. The Bertz CT molecular complexity index is 1060. The molecule has 1 aliphatic heterocycles. The fraction of sp³-hybridized carbons (Fsp3) is 0.333. The lowest BCUT2D eigenvalue weighted by atomic mass is 9.88. The van der Waals surface area contributed by atoms with Crippen molar-refractivity contribution in [1.82, 2.24) is 9.88 Å². The summed E-state index contributed by atoms with van der Waals surface area (Å²) in [6.07, 6.45) is 1.85. The van der Waals surface area contributed by atoms with Crippen LogP contribution in [0.2, 0.25) is 0 Å². The highest BCUT2D eigenvalue weighted by Gasteiger charge is 2.28. The lowest BCUT2D eigenvalue weighted by Gasteiger charge is -2.32. The van der Waals surface area contributed by atoms with Gasteiger partial charge < -0.3 is 19.7 Å². The Morgan fingerprint density at radius 2 is 1.68 bits per heavy atom. The molecule has 3 aromatic rings. The van der Waals surface area contributed by atoms with E-state index in [0.717, 1.165) is 48.8 Å². The lowest BCUT2D eigenvalue weighted by Crippen LogP contribution is -2.37. The Morgan fingerprint density at radius 3 is 2.39 bits per heavy atom. The molecule has 6 nitrogen and oxygen atoms in total. The van der Waals surface area contributed by atoms with Crippen molar-refractivity contribution in [2.24, 2.45) is 0 Å². The van der Waals surface area contributed by atoms with Crippen molar-refractivity contribution in [3.05, 3.63) is 64.7 Å². The van der Waals surface area contributed by atoms with Gasteiger partial charge in [-0.2, -0.15) is 0 Å². The summed E-state index contributed by atoms with van der Waals surface area (Å²) in [7, 11) is 3.35. The normalized spacial score (nSPS) is 14.4. The van der Waals surface area contributed by atoms with Gasteiger partial charge in [0.1, 0.15) is 16.4 Å². The van der Waals surface area contributed by atoms with E-state index in [9.17, 15) is 4.79 Å². The number of nitrogens with one attached hydrogen (secondary N) is 1. The van der Waals surface area contributed by atoms with Crippen molar-refractivity contribution in [3.63, 3.8) is 0 Å². The highest BCUT2D eigenvalue weighted by Crippen LogP contribution is 2.36. The number of nitrogens with zero attached hydrogens (tertiary/aromatic N) is 2. The molecular weight excluding hydrogens is 410 g/mol. The monoisotopic (exact) mass is 437 g/mol. The second kappa shape index (κ2) is 9.39. The van der Waals surface area contributed by atoms with Gasteiger partial charge in [-0.15, -0.1) is 0 Å². The summed E-state index contributed by atoms with van der Waals surface area (Å²) in [6, 6.07) is 15.8. The molecule has 162 valence electrons. The molecule has 0 radical (unpaired) electrons. The number of aromatic nitrogens is 1. The summed E-state index contributed by atoms with van der Waals surface area (Å²) in [4.78, 5) is 20.4. The number of hydrogen-bond acceptors (Lipinski definition) is 6. The zero-order valence-corrected chi connectivity index (χ0v) is 18.9. The zero-order valence-electron chi connectivity index (χ0n) is 18.1. The summed E-state index contributed by atoms with van der Waals surface area (Å²) >= 11 is 1.39. The molecule has 0 unspecified atom stereocenters. The number of methoxy groups -OCH3 is 2. The van der Waals surface area contributed by atoms with Crippen molar-refractivity contribution in [2.75, 3.05) is 32.6 Å². The Morgan fingerprint density at radius 1 is 1.03 bits per heavy atom. The number of carbonyl (C=O) groups excluding carboxylic acids is 1. The maximum absolute atomic E-state index is 13.2. The summed E-state index contributed by atoms with van der Waals surface area (Å²) in [5, 5.41) is 3.97. The van der Waals surface area contributed by atoms with E-state index >= 15 is 0 Å². The predicted molar refractivity (Wildman–Crippen MR) is 124 cm³/mol. The minimum Gasteiger partial charge on any atom is -0.496 e. The van der Waals surface area contributed by atoms with Crippen LogP contribution < -0.4 is 14.8 Å². The fourth-order valence-corrected chi connectivity index (χ4v) is 5.00. The number of rotatable bonds is 6. The van der Waals surface area contributed by atoms with Crippen molar-refractivity contribution in [1.29, 1.82) is 0 Å². The van der Waals surface area contributed by atoms with E-state index in [-0.39, 0.29) is 5.91 Å². The quantitative estimate of drug-likeness (QED) is 0.572. The van der Waals surface area contributed by atoms with Crippen LogP contribution in [-0.2, 0) is 0 Å². The predicted octanol–water partition coefficient (Wildman–Crippen LogP) is 5.23. The second-order valence-electron chi connectivity index (χ2n) is 7.57. The van der Waals surface area contributed by atoms with Crippen LogP contribution in [0.4, 0.5) is 10.8 Å². The first-order chi connectivity index (χ1) is 15.1. The molecule has 2 aromatic carbocycles. The van der Waals surface area contributed by atoms with Gasteiger partial charge in [0.05, 0.1) is 25.6 Å². The molecular formula is C24H27N3O3S. The Labute approximate surface area is 186 Å². The second-order valence-corrected chi connectivity index (χ2v) is 8.57. The molecule has 1 aromatic heterocycles. The first-order valence-electron chi connectivity index (χ1n) is 10.4. The van der Waals surface area contributed by atoms with E-state index in [2.05, 4.69) is 16.4 Å². The van der Waals surface area contributed by atoms with E-state index in [1.807, 2.05) is 54.3 Å². The number of piperidine rings is 1. The molecule has 1 amide bonds. The fourth-order valence-electron chi connectivity index (χ4n) is 4.05. The number of para-hydroxylation sites is 3. The number of ether oxygens (including phenoxy) is 2. The molecule has 1 fully saturated rings. The molecule has 7 heteroatoms. The molecule has 31 heavy (non-hydrogen) atoms. The lowest BCUT2D eigenvalue weighted by molar-refractivity contribution is 0.0716. The van der Waals surface area contributed by atoms with Gasteiger partial charge >= 0.3 is 0 Å². The minimum atomic E-state index is 0.0570. The molecule has 0 aliphatic carbocycles. The average molecular weight is 438 g/mol. The average Bonchev–Trinajstić information content (AvgIpc) is 3.18. The number of benzene rings is 2. The van der Waals surface area contributed by atoms with Gasteiger partial charge in [-0.3, -0.25) is 4.79 Å². The molecule has 1 aliphatic rings. The van der Waals surface area contributed by atoms with Crippen molar-refractivity contribution < 1.29 is 14.3 Å². The molecule has 0 atom stereocenters. The summed E-state index contributed by atoms with van der Waals surface area (Å²) in [5.41, 5.74) is 2.81. The third-order valence-electron chi connectivity index (χ3n) is 5.70. The minimum absolute atomic E-state index is 0.0570. The summed E-state index contributed by atoms with van der Waals surface area (Å²) < 4.78 is 10.9. The Balaban J connectivity index is 1.44. The first kappa shape index (κ1) is 21.2. The Hall–Kier alpha value is -3.06. The summed E-state index contributed by atoms with van der Waals surface area (Å²) in [5.74, 6) is 2.13. The van der Waals surface area contributed by atoms with E-state index in [1.165, 1.54) is 16.9 Å². The third-order valence-corrected chi connectivity index (χ3v) is 6.76. The zero-order chi connectivity index (χ0) is 21.8. The molecule has 4 rings (SSSR count). The molecule has 0 saturated carbocycles. The molecule has 2 heterocycles. The van der Waals surface area contributed by atoms with Gasteiger partial charge in [0.15, 0.2) is 5.13 Å². The molecule has 1 N–H and O–H groups in total. The molecule has 0 spiro atoms. The number of thiazole rings is 1. The largest absolute Gasteiger partial charge is 0.496 e. The van der Waals surface area contributed by atoms with E-state index < -0.39 is 0 Å². The van der Waals surface area contributed by atoms with Crippen LogP contribution in [0.25, 0.3) is 0 Å². The van der Waals surface area contributed by atoms with Crippen molar-refractivity contribution >= 4 is 28.1 Å². The van der Waals surface area contributed by atoms with Gasteiger partial charge in [0.25, 0.3) is 5.91 Å². The third kappa shape index (κ3) is 4.51. The van der Waals surface area contributed by atoms with Gasteiger partial charge in [0.2, 0.25) is 0 Å². The SMILES string of the molecule is COc1ccccc1Nc1nc(C)c(C(=O)N2CCC(c3ccccc3OC)CC2)s1. The van der Waals surface area contributed by atoms with Gasteiger partial charge in [-0.25, -0.2) is 4.98 Å². The van der Waals surface area contributed by atoms with Crippen LogP contribution in [-0.4, -0.2) is 43.1 Å². The van der Waals surface area contributed by atoms with E-state index in [1.54, 1.807) is 14.2 Å². The van der Waals surface area contributed by atoms with Crippen LogP contribution in [0, 0.1) is 6.92 Å². The maximum Gasteiger partial charge on any atom is 0.265 e. The highest BCUT2D eigenvalue weighted by atomic mass is 32.1. The first-order valence-corrected chi connectivity index (χ1v) is 11.2. The molecule has 1 saturated heterocycles. The van der Waals surface area contributed by atoms with Crippen molar-refractivity contribution in [2.45, 2.75) is 25.7 Å². The van der Waals surface area contributed by atoms with Crippen LogP contribution in [0.1, 0.15) is 39.7 Å². The van der Waals surface area contributed by atoms with Crippen LogP contribution in [0.5, 0.6) is 11.5 Å². The number of aryl methyl sites for hydroxylation is 1. The molecule has 0 bridgehead atoms. The summed E-state index contributed by atoms with van der Waals surface area (Å²) in [6.45, 7) is 3.35. The highest BCUT2D eigenvalue weighted by molar-refractivity contribution is 7.17. The van der Waals surface area contributed by atoms with Gasteiger partial charge in [-0.05, 0) is 49.4 Å². The van der Waals surface area contributed by atoms with Crippen LogP contribution in [0.15, 0.2) is 48.5 Å². The number of anilines is 2. The Kier molecular flexibility index (Phi) is 6.42. The topological polar surface area (TPSA) is 63.7 Å². The van der Waals surface area contributed by atoms with Crippen LogP contribution in [0.3, 0.4) is 0 Å². The van der Waals surface area contributed by atoms with Gasteiger partial charge in [0, 0.05) is 13.1 Å². The number of likely N-dealkylation sites (tertiary alicyclic amines) is 1. The smallest absolute Gasteiger partial charge is 0.265 e. The van der Waals surface area contributed by atoms with Crippen molar-refractivity contribution in [3.8, 4) is 11.5 Å². The van der Waals surface area contributed by atoms with Gasteiger partial charge in [-0.1, -0.05) is 41.7 Å². The van der Waals surface area contributed by atoms with E-state index in [4.69, 9.17) is 9.47 Å². The number of hydrogen-bond donors (Lipinski definition) is 1. The standard InChI is InChI=1S/C24H27N3O3S/c1-16-22(31-24(25-16)26-19-9-5-7-11-21(19)30-3)23(28)27-14-12-17(13-15-27)18-8-4-6-10-20(18)29-2/h4-11,17H,12-15H2,1-3H3,(H,25,26). The van der Waals surface area contributed by atoms with E-state index in [0.29, 0.717) is 15.9 Å². The number of carbonyl (C=O) groups is 1. The maximum atomic E-state index is 13.2. The van der Waals surface area contributed by atoms with Crippen LogP contribution >= 0.6 is 11.3 Å².